The highest BCUT2D eigenvalue weighted by atomic mass is 79.9. The maximum Gasteiger partial charge on any atom is 0.330 e. The molecule has 3 nitrogen and oxygen atoms in total. The van der Waals surface area contributed by atoms with Crippen molar-refractivity contribution in [2.45, 2.75) is 5.33 Å². The normalized spacial score (nSPS) is 10.4. The van der Waals surface area contributed by atoms with Crippen LogP contribution >= 0.6 is 15.9 Å². The van der Waals surface area contributed by atoms with Crippen molar-refractivity contribution in [2.24, 2.45) is 0 Å². The zero-order chi connectivity index (χ0) is 10.4. The number of halogens is 1. The smallest absolute Gasteiger partial charge is 0.330 e. The van der Waals surface area contributed by atoms with E-state index in [2.05, 4.69) is 25.7 Å². The molecule has 1 aromatic heterocycles. The van der Waals surface area contributed by atoms with Crippen molar-refractivity contribution in [1.82, 2.24) is 4.98 Å². The summed E-state index contributed by atoms with van der Waals surface area (Å²) in [7, 11) is 1.35. The Balaban J connectivity index is 2.85. The van der Waals surface area contributed by atoms with Crippen LogP contribution in [0.2, 0.25) is 0 Å². The van der Waals surface area contributed by atoms with E-state index < -0.39 is 0 Å². The van der Waals surface area contributed by atoms with Gasteiger partial charge in [0, 0.05) is 17.6 Å². The minimum atomic E-state index is -0.366. The van der Waals surface area contributed by atoms with Gasteiger partial charge in [-0.3, -0.25) is 4.98 Å². The molecule has 0 saturated carbocycles. The number of alkyl halides is 1. The highest BCUT2D eigenvalue weighted by Gasteiger charge is 1.98. The largest absolute Gasteiger partial charge is 0.466 e. The molecule has 0 aliphatic heterocycles. The number of esters is 1. The lowest BCUT2D eigenvalue weighted by Gasteiger charge is -1.99. The third kappa shape index (κ3) is 2.96. The van der Waals surface area contributed by atoms with Crippen LogP contribution in [0.1, 0.15) is 11.3 Å². The number of rotatable bonds is 3. The van der Waals surface area contributed by atoms with Crippen molar-refractivity contribution < 1.29 is 9.53 Å². The molecule has 74 valence electrons. The van der Waals surface area contributed by atoms with Crippen LogP contribution in [-0.2, 0) is 14.9 Å². The quantitative estimate of drug-likeness (QED) is 0.472. The highest BCUT2D eigenvalue weighted by Crippen LogP contribution is 2.10. The molecule has 14 heavy (non-hydrogen) atoms. The summed E-state index contributed by atoms with van der Waals surface area (Å²) in [6, 6.07) is 3.71. The van der Waals surface area contributed by atoms with Crippen molar-refractivity contribution in [3.63, 3.8) is 0 Å². The van der Waals surface area contributed by atoms with Gasteiger partial charge in [-0.15, -0.1) is 0 Å². The van der Waals surface area contributed by atoms with Gasteiger partial charge in [0.15, 0.2) is 0 Å². The molecule has 0 radical (unpaired) electrons. The van der Waals surface area contributed by atoms with E-state index in [1.165, 1.54) is 13.2 Å². The number of hydrogen-bond acceptors (Lipinski definition) is 3. The van der Waals surface area contributed by atoms with E-state index in [-0.39, 0.29) is 5.97 Å². The SMILES string of the molecule is COC(=O)/C=C/c1cccnc1CBr. The van der Waals surface area contributed by atoms with Crippen molar-refractivity contribution in [2.75, 3.05) is 7.11 Å². The summed E-state index contributed by atoms with van der Waals surface area (Å²) in [5.41, 5.74) is 1.81. The molecular weight excluding hydrogens is 246 g/mol. The van der Waals surface area contributed by atoms with Crippen molar-refractivity contribution in [1.29, 1.82) is 0 Å². The van der Waals surface area contributed by atoms with Crippen LogP contribution in [0.4, 0.5) is 0 Å². The Hall–Kier alpha value is -1.16. The van der Waals surface area contributed by atoms with Crippen LogP contribution in [0, 0.1) is 0 Å². The summed E-state index contributed by atoms with van der Waals surface area (Å²) in [5.74, 6) is -0.366. The molecule has 0 fully saturated rings. The summed E-state index contributed by atoms with van der Waals surface area (Å²) in [5, 5.41) is 0.661. The van der Waals surface area contributed by atoms with Gasteiger partial charge in [-0.1, -0.05) is 22.0 Å². The number of nitrogens with zero attached hydrogens (tertiary/aromatic N) is 1. The third-order valence-electron chi connectivity index (χ3n) is 1.65. The van der Waals surface area contributed by atoms with E-state index >= 15 is 0 Å². The van der Waals surface area contributed by atoms with Gasteiger partial charge in [0.2, 0.25) is 0 Å². The Labute approximate surface area is 90.9 Å². The maximum atomic E-state index is 10.8. The molecule has 1 rings (SSSR count). The van der Waals surface area contributed by atoms with Crippen LogP contribution in [0.15, 0.2) is 24.4 Å². The van der Waals surface area contributed by atoms with Gasteiger partial charge < -0.3 is 4.74 Å². The second kappa shape index (κ2) is 5.54. The molecule has 0 spiro atoms. The zero-order valence-corrected chi connectivity index (χ0v) is 9.32. The Morgan fingerprint density at radius 3 is 3.14 bits per heavy atom. The number of hydrogen-bond donors (Lipinski definition) is 0. The maximum absolute atomic E-state index is 10.8. The van der Waals surface area contributed by atoms with Crippen LogP contribution in [0.5, 0.6) is 0 Å². The number of aromatic nitrogens is 1. The Kier molecular flexibility index (Phi) is 4.32. The van der Waals surface area contributed by atoms with Crippen molar-refractivity contribution in [3.8, 4) is 0 Å². The summed E-state index contributed by atoms with van der Waals surface area (Å²) >= 11 is 3.32. The molecular formula is C10H10BrNO2. The fourth-order valence-electron chi connectivity index (χ4n) is 0.940. The van der Waals surface area contributed by atoms with Gasteiger partial charge in [0.25, 0.3) is 0 Å². The summed E-state index contributed by atoms with van der Waals surface area (Å²) < 4.78 is 4.49. The van der Waals surface area contributed by atoms with Gasteiger partial charge in [-0.25, -0.2) is 4.79 Å². The first-order valence-corrected chi connectivity index (χ1v) is 5.16. The first kappa shape index (κ1) is 10.9. The average molecular weight is 256 g/mol. The van der Waals surface area contributed by atoms with Gasteiger partial charge >= 0.3 is 5.97 Å². The molecule has 0 saturated heterocycles. The summed E-state index contributed by atoms with van der Waals surface area (Å²) in [4.78, 5) is 15.0. The third-order valence-corrected chi connectivity index (χ3v) is 2.18. The number of carbonyl (C=O) groups excluding carboxylic acids is 1. The lowest BCUT2D eigenvalue weighted by molar-refractivity contribution is -0.134. The van der Waals surface area contributed by atoms with Crippen LogP contribution < -0.4 is 0 Å². The van der Waals surface area contributed by atoms with E-state index in [9.17, 15) is 4.79 Å². The van der Waals surface area contributed by atoms with E-state index in [4.69, 9.17) is 0 Å². The molecule has 0 bridgehead atoms. The molecule has 0 atom stereocenters. The fourth-order valence-corrected chi connectivity index (χ4v) is 1.41. The van der Waals surface area contributed by atoms with Crippen LogP contribution in [-0.4, -0.2) is 18.1 Å². The molecule has 0 amide bonds. The fraction of sp³-hybridized carbons (Fsp3) is 0.200. The molecule has 1 aromatic rings. The lowest BCUT2D eigenvalue weighted by Crippen LogP contribution is -1.94. The van der Waals surface area contributed by atoms with E-state index in [1.807, 2.05) is 12.1 Å². The first-order valence-electron chi connectivity index (χ1n) is 4.04. The lowest BCUT2D eigenvalue weighted by atomic mass is 10.2. The molecule has 0 N–H and O–H groups in total. The molecule has 0 aliphatic rings. The number of carbonyl (C=O) groups is 1. The second-order valence-electron chi connectivity index (χ2n) is 2.53. The van der Waals surface area contributed by atoms with Gasteiger partial charge in [0.05, 0.1) is 12.8 Å². The molecule has 0 aliphatic carbocycles. The zero-order valence-electron chi connectivity index (χ0n) is 7.74. The minimum absolute atomic E-state index is 0.366. The number of ether oxygens (including phenoxy) is 1. The van der Waals surface area contributed by atoms with Crippen LogP contribution in [0.3, 0.4) is 0 Å². The number of pyridine rings is 1. The van der Waals surface area contributed by atoms with Crippen molar-refractivity contribution in [3.05, 3.63) is 35.7 Å². The predicted octanol–water partition coefficient (Wildman–Crippen LogP) is 2.16. The highest BCUT2D eigenvalue weighted by molar-refractivity contribution is 9.08. The Bertz CT molecular complexity index is 350. The average Bonchev–Trinajstić information content (AvgIpc) is 2.26. The monoisotopic (exact) mass is 255 g/mol. The Morgan fingerprint density at radius 1 is 1.71 bits per heavy atom. The predicted molar refractivity (Wildman–Crippen MR) is 57.9 cm³/mol. The van der Waals surface area contributed by atoms with Gasteiger partial charge in [0.1, 0.15) is 0 Å². The molecule has 0 unspecified atom stereocenters. The van der Waals surface area contributed by atoms with Gasteiger partial charge in [-0.05, 0) is 17.7 Å². The topological polar surface area (TPSA) is 39.2 Å². The second-order valence-corrected chi connectivity index (χ2v) is 3.09. The standard InChI is InChI=1S/C10H10BrNO2/c1-14-10(13)5-4-8-3-2-6-12-9(8)7-11/h2-6H,7H2,1H3/b5-4+. The van der Waals surface area contributed by atoms with Gasteiger partial charge in [-0.2, -0.15) is 0 Å². The molecule has 4 heteroatoms. The summed E-state index contributed by atoms with van der Waals surface area (Å²) in [6.07, 6.45) is 4.78. The van der Waals surface area contributed by atoms with E-state index in [1.54, 1.807) is 12.3 Å². The number of methoxy groups -OCH3 is 1. The minimum Gasteiger partial charge on any atom is -0.466 e. The van der Waals surface area contributed by atoms with Crippen molar-refractivity contribution >= 4 is 28.0 Å². The summed E-state index contributed by atoms with van der Waals surface area (Å²) in [6.45, 7) is 0. The first-order chi connectivity index (χ1) is 6.77. The van der Waals surface area contributed by atoms with E-state index in [0.29, 0.717) is 5.33 Å². The molecule has 0 aromatic carbocycles. The van der Waals surface area contributed by atoms with E-state index in [0.717, 1.165) is 11.3 Å². The Morgan fingerprint density at radius 2 is 2.50 bits per heavy atom. The molecule has 1 heterocycles. The van der Waals surface area contributed by atoms with Crippen LogP contribution in [0.25, 0.3) is 6.08 Å².